The predicted octanol–water partition coefficient (Wildman–Crippen LogP) is 5.51. The number of fused-ring (bicyclic) bond motifs is 1. The summed E-state index contributed by atoms with van der Waals surface area (Å²) in [4.78, 5) is 29.8. The summed E-state index contributed by atoms with van der Waals surface area (Å²) in [5, 5.41) is 12.2. The first kappa shape index (κ1) is 30.8. The van der Waals surface area contributed by atoms with Gasteiger partial charge >= 0.3 is 12.1 Å². The van der Waals surface area contributed by atoms with Crippen molar-refractivity contribution in [3.63, 3.8) is 0 Å². The average Bonchev–Trinajstić information content (AvgIpc) is 3.69. The minimum absolute atomic E-state index is 0.0604. The van der Waals surface area contributed by atoms with Gasteiger partial charge in [-0.05, 0) is 48.2 Å². The number of anilines is 1. The summed E-state index contributed by atoms with van der Waals surface area (Å²) < 4.78 is 54.2. The number of imidazole rings is 1. The maximum absolute atomic E-state index is 13.0. The number of aromatic nitrogens is 2. The number of carbonyl (C=O) groups excluding carboxylic acids is 2. The predicted molar refractivity (Wildman–Crippen MR) is 159 cm³/mol. The number of para-hydroxylation sites is 2. The lowest BCUT2D eigenvalue weighted by Crippen LogP contribution is -2.48. The second-order valence-electron chi connectivity index (χ2n) is 11.5. The summed E-state index contributed by atoms with van der Waals surface area (Å²) in [6.45, 7) is 2.41. The average molecular weight is 623 g/mol. The molecule has 0 radical (unpaired) electrons. The van der Waals surface area contributed by atoms with Crippen LogP contribution < -0.4 is 5.32 Å². The molecule has 0 bridgehead atoms. The number of rotatable bonds is 7. The van der Waals surface area contributed by atoms with E-state index in [1.807, 2.05) is 48.5 Å². The molecular weight excluding hydrogens is 589 g/mol. The van der Waals surface area contributed by atoms with Crippen molar-refractivity contribution in [1.29, 1.82) is 0 Å². The number of alkyl halides is 3. The number of aliphatic hydroxyl groups excluding tert-OH is 1. The second-order valence-corrected chi connectivity index (χ2v) is 11.5. The molecule has 9 nitrogen and oxygen atoms in total. The third kappa shape index (κ3) is 6.44. The largest absolute Gasteiger partial charge is 0.471 e. The van der Waals surface area contributed by atoms with Gasteiger partial charge in [0.2, 0.25) is 5.91 Å². The monoisotopic (exact) mass is 622 g/mol. The van der Waals surface area contributed by atoms with E-state index in [1.165, 1.54) is 0 Å². The van der Waals surface area contributed by atoms with E-state index in [4.69, 9.17) is 9.47 Å². The highest BCUT2D eigenvalue weighted by Crippen LogP contribution is 2.42. The molecule has 2 aliphatic rings. The molecule has 45 heavy (non-hydrogen) atoms. The lowest BCUT2D eigenvalue weighted by atomic mass is 9.90. The number of likely N-dealkylation sites (tertiary alicyclic amines) is 1. The Balaban J connectivity index is 1.21. The van der Waals surface area contributed by atoms with Crippen LogP contribution in [0.3, 0.4) is 0 Å². The summed E-state index contributed by atoms with van der Waals surface area (Å²) in [6.07, 6.45) is -4.15. The number of carbonyl (C=O) groups is 2. The Kier molecular flexibility index (Phi) is 8.63. The molecule has 236 valence electrons. The molecule has 1 aromatic heterocycles. The van der Waals surface area contributed by atoms with Crippen LogP contribution in [0.4, 0.5) is 18.9 Å². The van der Waals surface area contributed by atoms with Crippen molar-refractivity contribution >= 4 is 28.5 Å². The fraction of sp³-hybridized carbons (Fsp3) is 0.364. The highest BCUT2D eigenvalue weighted by atomic mass is 19.4. The zero-order valence-corrected chi connectivity index (χ0v) is 24.5. The zero-order chi connectivity index (χ0) is 31.7. The molecule has 12 heteroatoms. The van der Waals surface area contributed by atoms with Crippen molar-refractivity contribution in [2.75, 3.05) is 11.9 Å². The first-order chi connectivity index (χ1) is 21.6. The van der Waals surface area contributed by atoms with Crippen LogP contribution in [0.2, 0.25) is 0 Å². The molecule has 4 aromatic rings. The topological polar surface area (TPSA) is 106 Å². The molecule has 2 fully saturated rings. The molecule has 0 saturated carbocycles. The molecule has 6 rings (SSSR count). The van der Waals surface area contributed by atoms with Gasteiger partial charge < -0.3 is 29.4 Å². The molecule has 2 N–H and O–H groups in total. The van der Waals surface area contributed by atoms with Gasteiger partial charge in [0.05, 0.1) is 42.7 Å². The van der Waals surface area contributed by atoms with Crippen molar-refractivity contribution in [3.05, 3.63) is 95.8 Å². The van der Waals surface area contributed by atoms with E-state index >= 15 is 0 Å². The molecule has 2 saturated heterocycles. The van der Waals surface area contributed by atoms with Crippen LogP contribution in [0.1, 0.15) is 48.8 Å². The fourth-order valence-electron chi connectivity index (χ4n) is 6.07. The SMILES string of the molecule is C[C@H]1[C@@H](Cn2cnc3ccccc32)O[C@@H](c2ccc(NC(=O)[C@@H]3CCCN3C(=O)C(F)(F)F)cc2)O[C@H]1c1ccc(CO)cc1. The third-order valence-electron chi connectivity index (χ3n) is 8.54. The number of aliphatic hydroxyl groups is 1. The van der Waals surface area contributed by atoms with Crippen LogP contribution in [0.5, 0.6) is 0 Å². The standard InChI is InChI=1S/C33H33F3N4O5/c1-20-28(17-39-19-37-25-5-2-3-6-26(25)39)44-31(45-29(20)22-10-8-21(18-41)9-11-22)23-12-14-24(15-13-23)38-30(42)27-7-4-16-40(27)32(43)33(34,35)36/h2-3,5-6,8-15,19-20,27-29,31,41H,4,7,16-18H2,1H3,(H,38,42)/t20-,27-,28+,29+,31+/m0/s1. The summed E-state index contributed by atoms with van der Waals surface area (Å²) >= 11 is 0. The van der Waals surface area contributed by atoms with Crippen LogP contribution in [-0.2, 0) is 32.2 Å². The van der Waals surface area contributed by atoms with Crippen LogP contribution in [-0.4, -0.2) is 56.2 Å². The molecule has 2 amide bonds. The maximum Gasteiger partial charge on any atom is 0.471 e. The smallest absolute Gasteiger partial charge is 0.392 e. The normalized spacial score (nSPS) is 23.8. The lowest BCUT2D eigenvalue weighted by molar-refractivity contribution is -0.276. The summed E-state index contributed by atoms with van der Waals surface area (Å²) in [5.74, 6) is -2.74. The van der Waals surface area contributed by atoms with Crippen molar-refractivity contribution in [3.8, 4) is 0 Å². The Hall–Kier alpha value is -4.26. The number of benzene rings is 3. The van der Waals surface area contributed by atoms with Crippen LogP contribution in [0.15, 0.2) is 79.1 Å². The van der Waals surface area contributed by atoms with Gasteiger partial charge in [-0.25, -0.2) is 4.98 Å². The van der Waals surface area contributed by atoms with Crippen LogP contribution in [0.25, 0.3) is 11.0 Å². The van der Waals surface area contributed by atoms with Gasteiger partial charge in [-0.15, -0.1) is 0 Å². The molecule has 3 aromatic carbocycles. The Labute approximate surface area is 257 Å². The van der Waals surface area contributed by atoms with E-state index in [-0.39, 0.29) is 37.7 Å². The van der Waals surface area contributed by atoms with Gasteiger partial charge in [-0.3, -0.25) is 9.59 Å². The summed E-state index contributed by atoms with van der Waals surface area (Å²) in [7, 11) is 0. The maximum atomic E-state index is 13.0. The second kappa shape index (κ2) is 12.6. The number of hydrogen-bond donors (Lipinski definition) is 2. The Bertz CT molecular complexity index is 1660. The van der Waals surface area contributed by atoms with E-state index in [9.17, 15) is 27.9 Å². The number of ether oxygens (including phenoxy) is 2. The van der Waals surface area contributed by atoms with Gasteiger partial charge in [-0.2, -0.15) is 13.2 Å². The van der Waals surface area contributed by atoms with Crippen molar-refractivity contribution in [2.24, 2.45) is 5.92 Å². The number of nitrogens with one attached hydrogen (secondary N) is 1. The Morgan fingerprint density at radius 2 is 1.71 bits per heavy atom. The summed E-state index contributed by atoms with van der Waals surface area (Å²) in [5.41, 5.74) is 4.65. The molecule has 3 heterocycles. The molecule has 0 spiro atoms. The van der Waals surface area contributed by atoms with Gasteiger partial charge in [0.15, 0.2) is 6.29 Å². The van der Waals surface area contributed by atoms with Crippen LogP contribution in [0, 0.1) is 5.92 Å². The van der Waals surface area contributed by atoms with Crippen molar-refractivity contribution < 1.29 is 37.3 Å². The number of nitrogens with zero attached hydrogens (tertiary/aromatic N) is 3. The van der Waals surface area contributed by atoms with Crippen molar-refractivity contribution in [2.45, 2.75) is 63.6 Å². The van der Waals surface area contributed by atoms with E-state index < -0.39 is 30.3 Å². The Morgan fingerprint density at radius 3 is 2.42 bits per heavy atom. The van der Waals surface area contributed by atoms with Gasteiger partial charge in [-0.1, -0.05) is 55.5 Å². The molecule has 2 aliphatic heterocycles. The molecular formula is C33H33F3N4O5. The number of amides is 2. The first-order valence-electron chi connectivity index (χ1n) is 14.8. The first-order valence-corrected chi connectivity index (χ1v) is 14.8. The minimum atomic E-state index is -5.04. The van der Waals surface area contributed by atoms with Gasteiger partial charge in [0.25, 0.3) is 0 Å². The molecule has 5 atom stereocenters. The summed E-state index contributed by atoms with van der Waals surface area (Å²) in [6, 6.07) is 21.0. The molecule has 0 aliphatic carbocycles. The lowest BCUT2D eigenvalue weighted by Gasteiger charge is -2.41. The van der Waals surface area contributed by atoms with E-state index in [2.05, 4.69) is 21.8 Å². The van der Waals surface area contributed by atoms with Gasteiger partial charge in [0, 0.05) is 23.7 Å². The quantitative estimate of drug-likeness (QED) is 0.282. The van der Waals surface area contributed by atoms with E-state index in [0.29, 0.717) is 29.1 Å². The minimum Gasteiger partial charge on any atom is -0.392 e. The third-order valence-corrected chi connectivity index (χ3v) is 8.54. The highest BCUT2D eigenvalue weighted by molar-refractivity contribution is 5.98. The van der Waals surface area contributed by atoms with Crippen LogP contribution >= 0.6 is 0 Å². The molecule has 0 unspecified atom stereocenters. The number of halogens is 3. The van der Waals surface area contributed by atoms with Gasteiger partial charge in [0.1, 0.15) is 6.04 Å². The van der Waals surface area contributed by atoms with E-state index in [1.54, 1.807) is 30.6 Å². The van der Waals surface area contributed by atoms with Crippen molar-refractivity contribution in [1.82, 2.24) is 14.5 Å². The Morgan fingerprint density at radius 1 is 1.00 bits per heavy atom. The zero-order valence-electron chi connectivity index (χ0n) is 24.5. The number of hydrogen-bond acceptors (Lipinski definition) is 6. The van der Waals surface area contributed by atoms with E-state index in [0.717, 1.165) is 22.2 Å². The fourth-order valence-corrected chi connectivity index (χ4v) is 6.07. The highest BCUT2D eigenvalue weighted by Gasteiger charge is 2.47.